The second-order valence-electron chi connectivity index (χ2n) is 9.29. The molecule has 0 aliphatic rings. The van der Waals surface area contributed by atoms with Gasteiger partial charge >= 0.3 is 0 Å². The number of nitrogen functional groups attached to an aromatic ring is 1. The lowest BCUT2D eigenvalue weighted by Gasteiger charge is -2.21. The smallest absolute Gasteiger partial charge is 0.281 e. The Hall–Kier alpha value is -2.68. The summed E-state index contributed by atoms with van der Waals surface area (Å²) in [5, 5.41) is -0.342. The maximum absolute atomic E-state index is 12.8. The SMILES string of the molecule is CC(C)(C)CCOc1nc(C(C)(C)C)ccc1C(=O)NS(=O)(=O)c1cccc(N)n1. The molecule has 0 aliphatic heterocycles. The van der Waals surface area contributed by atoms with Crippen LogP contribution in [-0.4, -0.2) is 30.9 Å². The molecule has 2 aromatic heterocycles. The zero-order valence-electron chi connectivity index (χ0n) is 18.3. The number of nitrogens with two attached hydrogens (primary N) is 1. The quantitative estimate of drug-likeness (QED) is 0.715. The summed E-state index contributed by atoms with van der Waals surface area (Å²) in [7, 11) is -4.20. The number of nitrogens with one attached hydrogen (secondary N) is 1. The van der Waals surface area contributed by atoms with E-state index in [2.05, 4.69) is 30.7 Å². The summed E-state index contributed by atoms with van der Waals surface area (Å²) >= 11 is 0. The van der Waals surface area contributed by atoms with Crippen LogP contribution in [0.4, 0.5) is 5.82 Å². The van der Waals surface area contributed by atoms with Crippen molar-refractivity contribution in [1.82, 2.24) is 14.7 Å². The van der Waals surface area contributed by atoms with Crippen molar-refractivity contribution in [3.8, 4) is 5.88 Å². The van der Waals surface area contributed by atoms with Crippen molar-refractivity contribution in [3.05, 3.63) is 41.6 Å². The minimum absolute atomic E-state index is 0.0318. The summed E-state index contributed by atoms with van der Waals surface area (Å²) in [6.07, 6.45) is 0.737. The van der Waals surface area contributed by atoms with Gasteiger partial charge in [-0.2, -0.15) is 8.42 Å². The molecule has 0 spiro atoms. The van der Waals surface area contributed by atoms with Crippen molar-refractivity contribution in [2.75, 3.05) is 12.3 Å². The summed E-state index contributed by atoms with van der Waals surface area (Å²) in [6.45, 7) is 12.5. The number of pyridine rings is 2. The Morgan fingerprint density at radius 1 is 1.07 bits per heavy atom. The molecule has 0 saturated heterocycles. The molecule has 1 amide bonds. The molecular formula is C21H30N4O4S. The van der Waals surface area contributed by atoms with Gasteiger partial charge in [-0.3, -0.25) is 4.79 Å². The van der Waals surface area contributed by atoms with Crippen LogP contribution in [0, 0.1) is 5.41 Å². The highest BCUT2D eigenvalue weighted by molar-refractivity contribution is 7.90. The van der Waals surface area contributed by atoms with Crippen LogP contribution in [0.2, 0.25) is 0 Å². The maximum Gasteiger partial charge on any atom is 0.281 e. The molecule has 0 radical (unpaired) electrons. The van der Waals surface area contributed by atoms with Crippen LogP contribution in [0.1, 0.15) is 64.0 Å². The van der Waals surface area contributed by atoms with E-state index in [0.717, 1.165) is 12.1 Å². The number of amides is 1. The van der Waals surface area contributed by atoms with E-state index in [9.17, 15) is 13.2 Å². The average molecular weight is 435 g/mol. The Bertz CT molecular complexity index is 1020. The molecule has 0 fully saturated rings. The summed E-state index contributed by atoms with van der Waals surface area (Å²) in [5.41, 5.74) is 6.07. The van der Waals surface area contributed by atoms with Crippen LogP contribution >= 0.6 is 0 Å². The highest BCUT2D eigenvalue weighted by atomic mass is 32.2. The average Bonchev–Trinajstić information content (AvgIpc) is 2.59. The number of nitrogens with zero attached hydrogens (tertiary/aromatic N) is 2. The molecule has 9 heteroatoms. The molecule has 2 heterocycles. The van der Waals surface area contributed by atoms with E-state index in [0.29, 0.717) is 6.61 Å². The summed E-state index contributed by atoms with van der Waals surface area (Å²) in [6, 6.07) is 7.38. The first-order valence-electron chi connectivity index (χ1n) is 9.63. The van der Waals surface area contributed by atoms with E-state index in [4.69, 9.17) is 10.5 Å². The van der Waals surface area contributed by atoms with Crippen LogP contribution in [0.15, 0.2) is 35.4 Å². The van der Waals surface area contributed by atoms with Crippen molar-refractivity contribution < 1.29 is 17.9 Å². The van der Waals surface area contributed by atoms with Gasteiger partial charge in [-0.1, -0.05) is 47.6 Å². The number of carbonyl (C=O) groups is 1. The van der Waals surface area contributed by atoms with Crippen LogP contribution in [0.3, 0.4) is 0 Å². The van der Waals surface area contributed by atoms with Gasteiger partial charge in [-0.25, -0.2) is 14.7 Å². The minimum atomic E-state index is -4.20. The Morgan fingerprint density at radius 2 is 1.73 bits per heavy atom. The van der Waals surface area contributed by atoms with Gasteiger partial charge in [0, 0.05) is 11.1 Å². The molecular weight excluding hydrogens is 404 g/mol. The van der Waals surface area contributed by atoms with Gasteiger partial charge in [0.15, 0.2) is 5.03 Å². The molecule has 0 atom stereocenters. The van der Waals surface area contributed by atoms with Crippen molar-refractivity contribution in [2.45, 2.75) is 58.4 Å². The number of aromatic nitrogens is 2. The van der Waals surface area contributed by atoms with Crippen LogP contribution < -0.4 is 15.2 Å². The summed E-state index contributed by atoms with van der Waals surface area (Å²) in [5.74, 6) is -0.717. The number of hydrogen-bond acceptors (Lipinski definition) is 7. The van der Waals surface area contributed by atoms with Crippen molar-refractivity contribution in [2.24, 2.45) is 5.41 Å². The van der Waals surface area contributed by atoms with Crippen LogP contribution in [0.25, 0.3) is 0 Å². The van der Waals surface area contributed by atoms with E-state index in [-0.39, 0.29) is 33.1 Å². The molecule has 0 saturated carbocycles. The Morgan fingerprint density at radius 3 is 2.30 bits per heavy atom. The molecule has 8 nitrogen and oxygen atoms in total. The molecule has 2 aromatic rings. The predicted octanol–water partition coefficient (Wildman–Crippen LogP) is 3.29. The van der Waals surface area contributed by atoms with Gasteiger partial charge in [-0.15, -0.1) is 0 Å². The molecule has 164 valence electrons. The lowest BCUT2D eigenvalue weighted by Crippen LogP contribution is -2.32. The monoisotopic (exact) mass is 434 g/mol. The number of sulfonamides is 1. The molecule has 0 bridgehead atoms. The van der Waals surface area contributed by atoms with E-state index < -0.39 is 15.9 Å². The zero-order chi connectivity index (χ0) is 22.7. The standard InChI is InChI=1S/C21H30N4O4S/c1-20(2,3)12-13-29-19-14(10-11-15(23-19)21(4,5)6)18(26)25-30(27,28)17-9-7-8-16(22)24-17/h7-11H,12-13H2,1-6H3,(H2,22,24)(H,25,26). The third-order valence-corrected chi connectivity index (χ3v) is 5.44. The first kappa shape index (κ1) is 23.6. The largest absolute Gasteiger partial charge is 0.477 e. The Kier molecular flexibility index (Phi) is 6.76. The maximum atomic E-state index is 12.8. The minimum Gasteiger partial charge on any atom is -0.477 e. The van der Waals surface area contributed by atoms with Crippen LogP contribution in [0.5, 0.6) is 5.88 Å². The van der Waals surface area contributed by atoms with Crippen LogP contribution in [-0.2, 0) is 15.4 Å². The Labute approximate surface area is 178 Å². The number of anilines is 1. The first-order valence-corrected chi connectivity index (χ1v) is 11.1. The lowest BCUT2D eigenvalue weighted by molar-refractivity contribution is 0.0975. The third kappa shape index (κ3) is 6.41. The topological polar surface area (TPSA) is 124 Å². The molecule has 30 heavy (non-hydrogen) atoms. The second-order valence-corrected chi connectivity index (χ2v) is 10.9. The van der Waals surface area contributed by atoms with E-state index in [1.807, 2.05) is 25.5 Å². The fourth-order valence-electron chi connectivity index (χ4n) is 2.40. The number of hydrogen-bond donors (Lipinski definition) is 2. The second kappa shape index (κ2) is 8.59. The lowest BCUT2D eigenvalue weighted by atomic mass is 9.91. The molecule has 3 N–H and O–H groups in total. The van der Waals surface area contributed by atoms with Crippen molar-refractivity contribution in [3.63, 3.8) is 0 Å². The van der Waals surface area contributed by atoms with E-state index in [1.165, 1.54) is 24.3 Å². The highest BCUT2D eigenvalue weighted by Crippen LogP contribution is 2.26. The Balaban J connectivity index is 2.34. The highest BCUT2D eigenvalue weighted by Gasteiger charge is 2.25. The number of rotatable bonds is 6. The number of carbonyl (C=O) groups excluding carboxylic acids is 1. The van der Waals surface area contributed by atoms with Gasteiger partial charge in [0.1, 0.15) is 11.4 Å². The van der Waals surface area contributed by atoms with E-state index >= 15 is 0 Å². The summed E-state index contributed by atoms with van der Waals surface area (Å²) < 4.78 is 32.9. The fraction of sp³-hybridized carbons (Fsp3) is 0.476. The molecule has 0 aliphatic carbocycles. The molecule has 2 rings (SSSR count). The van der Waals surface area contributed by atoms with Gasteiger partial charge < -0.3 is 10.5 Å². The van der Waals surface area contributed by atoms with Gasteiger partial charge in [0.2, 0.25) is 5.88 Å². The number of ether oxygens (including phenoxy) is 1. The van der Waals surface area contributed by atoms with Gasteiger partial charge in [0.25, 0.3) is 15.9 Å². The zero-order valence-corrected chi connectivity index (χ0v) is 19.1. The molecule has 0 aromatic carbocycles. The van der Waals surface area contributed by atoms with Crippen molar-refractivity contribution >= 4 is 21.7 Å². The van der Waals surface area contributed by atoms with Gasteiger partial charge in [-0.05, 0) is 36.1 Å². The van der Waals surface area contributed by atoms with E-state index in [1.54, 1.807) is 6.07 Å². The van der Waals surface area contributed by atoms with Crippen molar-refractivity contribution in [1.29, 1.82) is 0 Å². The van der Waals surface area contributed by atoms with Gasteiger partial charge in [0.05, 0.1) is 6.61 Å². The normalized spacial score (nSPS) is 12.5. The fourth-order valence-corrected chi connectivity index (χ4v) is 3.35. The third-order valence-electron chi connectivity index (χ3n) is 4.21. The molecule has 0 unspecified atom stereocenters. The predicted molar refractivity (Wildman–Crippen MR) is 116 cm³/mol. The first-order chi connectivity index (χ1) is 13.7. The summed E-state index contributed by atoms with van der Waals surface area (Å²) in [4.78, 5) is 21.0.